The zero-order valence-corrected chi connectivity index (χ0v) is 15.0. The lowest BCUT2D eigenvalue weighted by atomic mass is 9.95. The highest BCUT2D eigenvalue weighted by molar-refractivity contribution is 5.77. The van der Waals surface area contributed by atoms with Gasteiger partial charge in [-0.05, 0) is 48.2 Å². The Labute approximate surface area is 152 Å². The summed E-state index contributed by atoms with van der Waals surface area (Å²) in [6, 6.07) is 12.8. The van der Waals surface area contributed by atoms with Crippen molar-refractivity contribution in [1.82, 2.24) is 5.32 Å². The Balaban J connectivity index is 1.63. The summed E-state index contributed by atoms with van der Waals surface area (Å²) in [5.41, 5.74) is 0.636. The van der Waals surface area contributed by atoms with E-state index < -0.39 is 5.60 Å². The van der Waals surface area contributed by atoms with Crippen molar-refractivity contribution in [1.29, 1.82) is 0 Å². The molecule has 2 aromatic carbocycles. The Kier molecular flexibility index (Phi) is 5.32. The average molecular weight is 357 g/mol. The first-order chi connectivity index (χ1) is 12.6. The van der Waals surface area contributed by atoms with Crippen molar-refractivity contribution in [2.24, 2.45) is 0 Å². The van der Waals surface area contributed by atoms with Gasteiger partial charge < -0.3 is 24.6 Å². The van der Waals surface area contributed by atoms with Crippen LogP contribution in [-0.2, 0) is 16.8 Å². The minimum Gasteiger partial charge on any atom is -0.493 e. The minimum absolute atomic E-state index is 0.0983. The van der Waals surface area contributed by atoms with Crippen LogP contribution in [0, 0.1) is 0 Å². The fourth-order valence-corrected chi connectivity index (χ4v) is 3.18. The van der Waals surface area contributed by atoms with Gasteiger partial charge in [-0.15, -0.1) is 0 Å². The second kappa shape index (κ2) is 7.66. The third-order valence-electron chi connectivity index (χ3n) is 4.61. The van der Waals surface area contributed by atoms with Crippen LogP contribution in [0.1, 0.15) is 17.5 Å². The molecule has 0 aromatic heterocycles. The van der Waals surface area contributed by atoms with E-state index in [0.717, 1.165) is 11.1 Å². The maximum atomic E-state index is 12.1. The van der Waals surface area contributed by atoms with Crippen LogP contribution < -0.4 is 19.5 Å². The molecule has 6 heteroatoms. The summed E-state index contributed by atoms with van der Waals surface area (Å²) < 4.78 is 16.1. The number of nitrogens with one attached hydrogen (secondary N) is 1. The smallest absolute Gasteiger partial charge is 0.258 e. The first-order valence-corrected chi connectivity index (χ1v) is 8.48. The third kappa shape index (κ3) is 3.75. The standard InChI is InChI=1S/C20H23NO5/c1-24-17-10-14-8-9-20(23,16(14)11-18(17)25-2)13-21-19(22)12-26-15-6-4-3-5-7-15/h3-7,10-11,23H,8-9,12-13H2,1-2H3,(H,21,22). The van der Waals surface area contributed by atoms with Crippen LogP contribution in [-0.4, -0.2) is 38.4 Å². The molecule has 0 saturated heterocycles. The number of aryl methyl sites for hydroxylation is 1. The number of aliphatic hydroxyl groups is 1. The molecule has 0 heterocycles. The van der Waals surface area contributed by atoms with Crippen LogP contribution in [0.4, 0.5) is 0 Å². The summed E-state index contributed by atoms with van der Waals surface area (Å²) in [6.45, 7) is 0.0192. The number of ether oxygens (including phenoxy) is 3. The summed E-state index contributed by atoms with van der Waals surface area (Å²) in [5.74, 6) is 1.54. The number of amides is 1. The van der Waals surface area contributed by atoms with Gasteiger partial charge in [0.05, 0.1) is 20.8 Å². The van der Waals surface area contributed by atoms with Crippen molar-refractivity contribution >= 4 is 5.91 Å². The molecule has 1 unspecified atom stereocenters. The molecule has 2 N–H and O–H groups in total. The second-order valence-electron chi connectivity index (χ2n) is 6.27. The largest absolute Gasteiger partial charge is 0.493 e. The van der Waals surface area contributed by atoms with Gasteiger partial charge >= 0.3 is 0 Å². The minimum atomic E-state index is -1.13. The molecule has 6 nitrogen and oxygen atoms in total. The van der Waals surface area contributed by atoms with Crippen LogP contribution in [0.5, 0.6) is 17.2 Å². The number of benzene rings is 2. The van der Waals surface area contributed by atoms with E-state index in [1.54, 1.807) is 32.4 Å². The number of carbonyl (C=O) groups excluding carboxylic acids is 1. The number of rotatable bonds is 7. The van der Waals surface area contributed by atoms with E-state index in [1.807, 2.05) is 24.3 Å². The van der Waals surface area contributed by atoms with Gasteiger partial charge in [0.25, 0.3) is 5.91 Å². The topological polar surface area (TPSA) is 77.0 Å². The third-order valence-corrected chi connectivity index (χ3v) is 4.61. The molecule has 26 heavy (non-hydrogen) atoms. The van der Waals surface area contributed by atoms with E-state index in [1.165, 1.54) is 0 Å². The SMILES string of the molecule is COc1cc2c(cc1OC)C(O)(CNC(=O)COc1ccccc1)CC2. The lowest BCUT2D eigenvalue weighted by Gasteiger charge is -2.25. The highest BCUT2D eigenvalue weighted by Gasteiger charge is 2.38. The lowest BCUT2D eigenvalue weighted by molar-refractivity contribution is -0.124. The predicted octanol–water partition coefficient (Wildman–Crippen LogP) is 2.03. The summed E-state index contributed by atoms with van der Waals surface area (Å²) in [5, 5.41) is 13.8. The van der Waals surface area contributed by atoms with Gasteiger partial charge in [-0.2, -0.15) is 0 Å². The van der Waals surface area contributed by atoms with Crippen molar-refractivity contribution in [3.8, 4) is 17.2 Å². The number of carbonyl (C=O) groups is 1. The molecule has 1 aliphatic rings. The van der Waals surface area contributed by atoms with Gasteiger partial charge in [0, 0.05) is 0 Å². The molecule has 0 radical (unpaired) electrons. The summed E-state index contributed by atoms with van der Waals surface area (Å²) >= 11 is 0. The van der Waals surface area contributed by atoms with Gasteiger partial charge in [-0.25, -0.2) is 0 Å². The molecule has 1 amide bonds. The quantitative estimate of drug-likeness (QED) is 0.793. The van der Waals surface area contributed by atoms with Gasteiger partial charge in [0.15, 0.2) is 18.1 Å². The number of hydrogen-bond acceptors (Lipinski definition) is 5. The van der Waals surface area contributed by atoms with Crippen LogP contribution in [0.15, 0.2) is 42.5 Å². The Morgan fingerprint density at radius 2 is 1.85 bits per heavy atom. The monoisotopic (exact) mass is 357 g/mol. The predicted molar refractivity (Wildman–Crippen MR) is 96.7 cm³/mol. The molecular formula is C20H23NO5. The van der Waals surface area contributed by atoms with Crippen molar-refractivity contribution in [2.45, 2.75) is 18.4 Å². The lowest BCUT2D eigenvalue weighted by Crippen LogP contribution is -2.41. The average Bonchev–Trinajstić information content (AvgIpc) is 3.00. The highest BCUT2D eigenvalue weighted by atomic mass is 16.5. The molecule has 138 valence electrons. The maximum absolute atomic E-state index is 12.1. The van der Waals surface area contributed by atoms with E-state index in [0.29, 0.717) is 30.1 Å². The summed E-state index contributed by atoms with van der Waals surface area (Å²) in [7, 11) is 3.14. The number of fused-ring (bicyclic) bond motifs is 1. The molecule has 0 saturated carbocycles. The van der Waals surface area contributed by atoms with E-state index in [-0.39, 0.29) is 19.1 Å². The van der Waals surface area contributed by atoms with E-state index >= 15 is 0 Å². The second-order valence-corrected chi connectivity index (χ2v) is 6.27. The Morgan fingerprint density at radius 1 is 1.15 bits per heavy atom. The normalized spacial score (nSPS) is 18.1. The Hall–Kier alpha value is -2.73. The molecule has 0 bridgehead atoms. The zero-order valence-electron chi connectivity index (χ0n) is 15.0. The first kappa shape index (κ1) is 18.1. The molecule has 1 atom stereocenters. The first-order valence-electron chi connectivity index (χ1n) is 8.48. The van der Waals surface area contributed by atoms with Crippen LogP contribution in [0.25, 0.3) is 0 Å². The van der Waals surface area contributed by atoms with Crippen LogP contribution >= 0.6 is 0 Å². The maximum Gasteiger partial charge on any atom is 0.258 e. The van der Waals surface area contributed by atoms with Gasteiger partial charge in [-0.3, -0.25) is 4.79 Å². The van der Waals surface area contributed by atoms with Crippen LogP contribution in [0.2, 0.25) is 0 Å². The molecule has 0 aliphatic heterocycles. The van der Waals surface area contributed by atoms with Gasteiger partial charge in [0.1, 0.15) is 11.4 Å². The molecule has 0 fully saturated rings. The Bertz CT molecular complexity index is 777. The molecule has 3 rings (SSSR count). The van der Waals surface area contributed by atoms with E-state index in [4.69, 9.17) is 14.2 Å². The number of para-hydroxylation sites is 1. The van der Waals surface area contributed by atoms with Gasteiger partial charge in [0.2, 0.25) is 0 Å². The van der Waals surface area contributed by atoms with Crippen molar-refractivity contribution in [3.63, 3.8) is 0 Å². The summed E-state index contributed by atoms with van der Waals surface area (Å²) in [4.78, 5) is 12.1. The fraction of sp³-hybridized carbons (Fsp3) is 0.350. The molecular weight excluding hydrogens is 334 g/mol. The molecule has 1 aliphatic carbocycles. The summed E-state index contributed by atoms with van der Waals surface area (Å²) in [6.07, 6.45) is 1.24. The van der Waals surface area contributed by atoms with Crippen molar-refractivity contribution in [3.05, 3.63) is 53.6 Å². The van der Waals surface area contributed by atoms with Crippen molar-refractivity contribution in [2.75, 3.05) is 27.4 Å². The van der Waals surface area contributed by atoms with Gasteiger partial charge in [-0.1, -0.05) is 18.2 Å². The highest BCUT2D eigenvalue weighted by Crippen LogP contribution is 2.42. The molecule has 0 spiro atoms. The van der Waals surface area contributed by atoms with E-state index in [2.05, 4.69) is 5.32 Å². The number of hydrogen-bond donors (Lipinski definition) is 2. The van der Waals surface area contributed by atoms with Crippen molar-refractivity contribution < 1.29 is 24.1 Å². The van der Waals surface area contributed by atoms with Crippen LogP contribution in [0.3, 0.4) is 0 Å². The number of methoxy groups -OCH3 is 2. The fourth-order valence-electron chi connectivity index (χ4n) is 3.18. The van der Waals surface area contributed by atoms with E-state index in [9.17, 15) is 9.90 Å². The Morgan fingerprint density at radius 3 is 2.54 bits per heavy atom. The molecule has 2 aromatic rings. The zero-order chi connectivity index (χ0) is 18.6.